The standard InChI is InChI=1S/C14H13N3O4/c1-16-9-2-4-10(5-3-9)20-11-6-7-17-12(8-11)13(18)21-14(15)19/h2-8,16H,1H3,(H2,15,19). The summed E-state index contributed by atoms with van der Waals surface area (Å²) in [5.74, 6) is 0.0477. The third kappa shape index (κ3) is 3.93. The number of amides is 1. The zero-order valence-electron chi connectivity index (χ0n) is 11.2. The number of anilines is 1. The Morgan fingerprint density at radius 2 is 1.86 bits per heavy atom. The lowest BCUT2D eigenvalue weighted by Gasteiger charge is -2.07. The predicted molar refractivity (Wildman–Crippen MR) is 75.3 cm³/mol. The van der Waals surface area contributed by atoms with Gasteiger partial charge in [-0.1, -0.05) is 0 Å². The zero-order chi connectivity index (χ0) is 15.2. The highest BCUT2D eigenvalue weighted by molar-refractivity contribution is 5.94. The normalized spacial score (nSPS) is 9.76. The molecule has 0 unspecified atom stereocenters. The minimum Gasteiger partial charge on any atom is -0.457 e. The van der Waals surface area contributed by atoms with Gasteiger partial charge in [-0.2, -0.15) is 0 Å². The SMILES string of the molecule is CNc1ccc(Oc2ccnc(C(=O)OC(N)=O)c2)cc1. The van der Waals surface area contributed by atoms with E-state index in [0.29, 0.717) is 11.5 Å². The average molecular weight is 287 g/mol. The molecule has 0 saturated heterocycles. The van der Waals surface area contributed by atoms with Crippen molar-refractivity contribution in [2.75, 3.05) is 12.4 Å². The zero-order valence-corrected chi connectivity index (χ0v) is 11.2. The fourth-order valence-corrected chi connectivity index (χ4v) is 1.56. The molecule has 1 aromatic carbocycles. The quantitative estimate of drug-likeness (QED) is 0.659. The molecule has 2 rings (SSSR count). The van der Waals surface area contributed by atoms with E-state index in [4.69, 9.17) is 10.5 Å². The Kier molecular flexibility index (Phi) is 4.35. The molecule has 108 valence electrons. The summed E-state index contributed by atoms with van der Waals surface area (Å²) in [6, 6.07) is 10.2. The Hall–Kier alpha value is -3.09. The highest BCUT2D eigenvalue weighted by Gasteiger charge is 2.13. The van der Waals surface area contributed by atoms with E-state index < -0.39 is 12.1 Å². The third-order valence-electron chi connectivity index (χ3n) is 2.51. The minimum absolute atomic E-state index is 0.0712. The van der Waals surface area contributed by atoms with Gasteiger partial charge in [0.1, 0.15) is 11.5 Å². The van der Waals surface area contributed by atoms with Crippen molar-refractivity contribution in [3.05, 3.63) is 48.3 Å². The van der Waals surface area contributed by atoms with Crippen LogP contribution < -0.4 is 15.8 Å². The minimum atomic E-state index is -1.18. The lowest BCUT2D eigenvalue weighted by molar-refractivity contribution is 0.0631. The molecular formula is C14H13N3O4. The van der Waals surface area contributed by atoms with Crippen LogP contribution in [0.1, 0.15) is 10.5 Å². The van der Waals surface area contributed by atoms with E-state index in [9.17, 15) is 9.59 Å². The van der Waals surface area contributed by atoms with Gasteiger partial charge in [0.05, 0.1) is 0 Å². The number of nitrogens with zero attached hydrogens (tertiary/aromatic N) is 1. The number of carbonyl (C=O) groups excluding carboxylic acids is 2. The van der Waals surface area contributed by atoms with Crippen LogP contribution in [0.4, 0.5) is 10.5 Å². The van der Waals surface area contributed by atoms with Crippen molar-refractivity contribution in [2.45, 2.75) is 0 Å². The van der Waals surface area contributed by atoms with Crippen LogP contribution in [0.2, 0.25) is 0 Å². The van der Waals surface area contributed by atoms with Crippen LogP contribution in [0.3, 0.4) is 0 Å². The molecule has 0 aliphatic rings. The summed E-state index contributed by atoms with van der Waals surface area (Å²) in [6.45, 7) is 0. The lowest BCUT2D eigenvalue weighted by atomic mass is 10.3. The largest absolute Gasteiger partial charge is 0.457 e. The van der Waals surface area contributed by atoms with Gasteiger partial charge in [0, 0.05) is 25.0 Å². The van der Waals surface area contributed by atoms with Gasteiger partial charge in [0.2, 0.25) is 0 Å². The molecule has 21 heavy (non-hydrogen) atoms. The average Bonchev–Trinajstić information content (AvgIpc) is 2.47. The molecule has 0 fully saturated rings. The lowest BCUT2D eigenvalue weighted by Crippen LogP contribution is -2.19. The van der Waals surface area contributed by atoms with E-state index in [1.54, 1.807) is 18.2 Å². The summed E-state index contributed by atoms with van der Waals surface area (Å²) in [5, 5.41) is 2.99. The number of carbonyl (C=O) groups is 2. The van der Waals surface area contributed by atoms with E-state index in [1.165, 1.54) is 12.3 Å². The Bertz CT molecular complexity index is 656. The molecule has 0 aliphatic heterocycles. The van der Waals surface area contributed by atoms with Crippen LogP contribution in [0.25, 0.3) is 0 Å². The van der Waals surface area contributed by atoms with Crippen LogP contribution in [0.5, 0.6) is 11.5 Å². The molecule has 1 amide bonds. The number of primary amides is 1. The number of benzene rings is 1. The maximum absolute atomic E-state index is 11.5. The second-order valence-electron chi connectivity index (χ2n) is 3.96. The van der Waals surface area contributed by atoms with Gasteiger partial charge in [-0.3, -0.25) is 0 Å². The van der Waals surface area contributed by atoms with Crippen LogP contribution in [0.15, 0.2) is 42.6 Å². The molecular weight excluding hydrogens is 274 g/mol. The number of nitrogens with two attached hydrogens (primary N) is 1. The molecule has 0 saturated carbocycles. The Morgan fingerprint density at radius 1 is 1.14 bits per heavy atom. The van der Waals surface area contributed by atoms with E-state index in [1.807, 2.05) is 19.2 Å². The summed E-state index contributed by atoms with van der Waals surface area (Å²) in [7, 11) is 1.81. The molecule has 0 radical (unpaired) electrons. The highest BCUT2D eigenvalue weighted by atomic mass is 16.6. The van der Waals surface area contributed by atoms with Crippen molar-refractivity contribution >= 4 is 17.7 Å². The van der Waals surface area contributed by atoms with Crippen LogP contribution in [-0.4, -0.2) is 24.1 Å². The van der Waals surface area contributed by atoms with Crippen molar-refractivity contribution in [1.82, 2.24) is 4.98 Å². The van der Waals surface area contributed by atoms with Gasteiger partial charge in [0.15, 0.2) is 5.69 Å². The van der Waals surface area contributed by atoms with Crippen LogP contribution >= 0.6 is 0 Å². The number of hydrogen-bond donors (Lipinski definition) is 2. The third-order valence-corrected chi connectivity index (χ3v) is 2.51. The summed E-state index contributed by atoms with van der Waals surface area (Å²) < 4.78 is 9.83. The first-order valence-corrected chi connectivity index (χ1v) is 6.02. The number of ether oxygens (including phenoxy) is 2. The van der Waals surface area contributed by atoms with Gasteiger partial charge in [-0.25, -0.2) is 14.6 Å². The molecule has 1 aromatic heterocycles. The first-order chi connectivity index (χ1) is 10.1. The van der Waals surface area contributed by atoms with E-state index in [0.717, 1.165) is 5.69 Å². The molecule has 0 bridgehead atoms. The Morgan fingerprint density at radius 3 is 2.48 bits per heavy atom. The van der Waals surface area contributed by atoms with Crippen molar-refractivity contribution in [2.24, 2.45) is 5.73 Å². The maximum atomic E-state index is 11.5. The van der Waals surface area contributed by atoms with Gasteiger partial charge in [0.25, 0.3) is 0 Å². The second kappa shape index (κ2) is 6.38. The van der Waals surface area contributed by atoms with E-state index in [2.05, 4.69) is 15.0 Å². The Labute approximate surface area is 120 Å². The molecule has 0 atom stereocenters. The highest BCUT2D eigenvalue weighted by Crippen LogP contribution is 2.23. The van der Waals surface area contributed by atoms with E-state index in [-0.39, 0.29) is 5.69 Å². The van der Waals surface area contributed by atoms with Crippen molar-refractivity contribution in [1.29, 1.82) is 0 Å². The number of pyridine rings is 1. The van der Waals surface area contributed by atoms with Crippen molar-refractivity contribution in [3.63, 3.8) is 0 Å². The van der Waals surface area contributed by atoms with Crippen LogP contribution in [0, 0.1) is 0 Å². The Balaban J connectivity index is 2.13. The van der Waals surface area contributed by atoms with Gasteiger partial charge in [-0.15, -0.1) is 0 Å². The first-order valence-electron chi connectivity index (χ1n) is 6.02. The summed E-state index contributed by atoms with van der Waals surface area (Å²) in [6.07, 6.45) is 0.185. The molecule has 0 aliphatic carbocycles. The fourth-order valence-electron chi connectivity index (χ4n) is 1.56. The molecule has 3 N–H and O–H groups in total. The number of rotatable bonds is 4. The topological polar surface area (TPSA) is 104 Å². The molecule has 7 heteroatoms. The number of hydrogen-bond acceptors (Lipinski definition) is 6. The monoisotopic (exact) mass is 287 g/mol. The number of aromatic nitrogens is 1. The summed E-state index contributed by atoms with van der Waals surface area (Å²) in [5.41, 5.74) is 5.65. The van der Waals surface area contributed by atoms with Crippen LogP contribution in [-0.2, 0) is 4.74 Å². The molecule has 0 spiro atoms. The fraction of sp³-hybridized carbons (Fsp3) is 0.0714. The van der Waals surface area contributed by atoms with Gasteiger partial charge < -0.3 is 20.5 Å². The first kappa shape index (κ1) is 14.3. The molecule has 2 aromatic rings. The molecule has 7 nitrogen and oxygen atoms in total. The molecule has 1 heterocycles. The maximum Gasteiger partial charge on any atom is 0.412 e. The number of nitrogens with one attached hydrogen (secondary N) is 1. The summed E-state index contributed by atoms with van der Waals surface area (Å²) >= 11 is 0. The van der Waals surface area contributed by atoms with Crippen molar-refractivity contribution in [3.8, 4) is 11.5 Å². The van der Waals surface area contributed by atoms with Gasteiger partial charge >= 0.3 is 12.1 Å². The summed E-state index contributed by atoms with van der Waals surface area (Å²) in [4.78, 5) is 25.8. The van der Waals surface area contributed by atoms with E-state index >= 15 is 0 Å². The second-order valence-corrected chi connectivity index (χ2v) is 3.96. The number of esters is 1. The van der Waals surface area contributed by atoms with Gasteiger partial charge in [-0.05, 0) is 30.3 Å². The van der Waals surface area contributed by atoms with Crippen molar-refractivity contribution < 1.29 is 19.1 Å². The smallest absolute Gasteiger partial charge is 0.412 e. The predicted octanol–water partition coefficient (Wildman–Crippen LogP) is 2.15.